The molecule has 0 bridgehead atoms. The predicted octanol–water partition coefficient (Wildman–Crippen LogP) is 2.34. The maximum Gasteiger partial charge on any atom is 0.0894 e. The molecular weight excluding hydrogens is 246 g/mol. The smallest absolute Gasteiger partial charge is 0.0894 e. The Labute approximate surface area is 108 Å². The summed E-state index contributed by atoms with van der Waals surface area (Å²) in [4.78, 5) is 5.26. The van der Waals surface area contributed by atoms with Crippen LogP contribution >= 0.6 is 11.3 Å². The van der Waals surface area contributed by atoms with E-state index >= 15 is 0 Å². The first-order chi connectivity index (χ1) is 8.93. The standard InChI is InChI=1S/C12H11N5S/c1-2-4-12(17-6-5-15-16-17)11(3-1)14-8-10-7-13-9-18-10/h1-7,9,14H,8H2. The Balaban J connectivity index is 1.84. The summed E-state index contributed by atoms with van der Waals surface area (Å²) in [6.45, 7) is 0.760. The monoisotopic (exact) mass is 257 g/mol. The molecular formula is C12H11N5S. The summed E-state index contributed by atoms with van der Waals surface area (Å²) in [6, 6.07) is 8.01. The summed E-state index contributed by atoms with van der Waals surface area (Å²) in [5, 5.41) is 11.2. The molecule has 0 aliphatic heterocycles. The molecule has 0 radical (unpaired) electrons. The SMILES string of the molecule is c1ccc(-n2ccnn2)c(NCc2cncs2)c1. The minimum absolute atomic E-state index is 0.760. The zero-order valence-corrected chi connectivity index (χ0v) is 10.3. The molecule has 18 heavy (non-hydrogen) atoms. The first-order valence-corrected chi connectivity index (χ1v) is 6.38. The molecule has 2 heterocycles. The largest absolute Gasteiger partial charge is 0.378 e. The normalized spacial score (nSPS) is 10.4. The van der Waals surface area contributed by atoms with Crippen molar-refractivity contribution in [3.05, 3.63) is 53.2 Å². The number of hydrogen-bond donors (Lipinski definition) is 1. The van der Waals surface area contributed by atoms with E-state index in [-0.39, 0.29) is 0 Å². The van der Waals surface area contributed by atoms with E-state index in [9.17, 15) is 0 Å². The van der Waals surface area contributed by atoms with Gasteiger partial charge < -0.3 is 5.32 Å². The van der Waals surface area contributed by atoms with Crippen LogP contribution in [0.1, 0.15) is 4.88 Å². The van der Waals surface area contributed by atoms with Crippen molar-refractivity contribution in [1.82, 2.24) is 20.0 Å². The van der Waals surface area contributed by atoms with Gasteiger partial charge in [-0.05, 0) is 12.1 Å². The minimum Gasteiger partial charge on any atom is -0.378 e. The lowest BCUT2D eigenvalue weighted by Crippen LogP contribution is -2.04. The highest BCUT2D eigenvalue weighted by atomic mass is 32.1. The van der Waals surface area contributed by atoms with Crippen LogP contribution in [0.3, 0.4) is 0 Å². The van der Waals surface area contributed by atoms with Gasteiger partial charge in [-0.2, -0.15) is 0 Å². The van der Waals surface area contributed by atoms with Gasteiger partial charge in [0.1, 0.15) is 0 Å². The van der Waals surface area contributed by atoms with E-state index in [1.807, 2.05) is 42.2 Å². The van der Waals surface area contributed by atoms with E-state index in [1.54, 1.807) is 22.2 Å². The van der Waals surface area contributed by atoms with Crippen molar-refractivity contribution in [1.29, 1.82) is 0 Å². The van der Waals surface area contributed by atoms with Crippen molar-refractivity contribution >= 4 is 17.0 Å². The van der Waals surface area contributed by atoms with Crippen molar-refractivity contribution in [2.75, 3.05) is 5.32 Å². The summed E-state index contributed by atoms with van der Waals surface area (Å²) in [7, 11) is 0. The van der Waals surface area contributed by atoms with E-state index in [0.717, 1.165) is 17.9 Å². The molecule has 0 spiro atoms. The Morgan fingerprint density at radius 2 is 2.22 bits per heavy atom. The van der Waals surface area contributed by atoms with Gasteiger partial charge in [-0.3, -0.25) is 4.98 Å². The number of nitrogens with one attached hydrogen (secondary N) is 1. The molecule has 1 N–H and O–H groups in total. The van der Waals surface area contributed by atoms with Gasteiger partial charge in [0.15, 0.2) is 0 Å². The molecule has 0 atom stereocenters. The van der Waals surface area contributed by atoms with Crippen LogP contribution in [0.25, 0.3) is 5.69 Å². The van der Waals surface area contributed by atoms with Gasteiger partial charge in [0.05, 0.1) is 35.8 Å². The Hall–Kier alpha value is -2.21. The molecule has 90 valence electrons. The molecule has 0 aliphatic rings. The summed E-state index contributed by atoms with van der Waals surface area (Å²) in [6.07, 6.45) is 5.36. The van der Waals surface area contributed by atoms with Gasteiger partial charge in [0, 0.05) is 11.1 Å². The molecule has 3 aromatic rings. The lowest BCUT2D eigenvalue weighted by molar-refractivity contribution is 0.803. The minimum atomic E-state index is 0.760. The Bertz CT molecular complexity index is 603. The summed E-state index contributed by atoms with van der Waals surface area (Å²) < 4.78 is 1.75. The number of hydrogen-bond acceptors (Lipinski definition) is 5. The number of aromatic nitrogens is 4. The van der Waals surface area contributed by atoms with Crippen LogP contribution in [-0.4, -0.2) is 20.0 Å². The van der Waals surface area contributed by atoms with E-state index < -0.39 is 0 Å². The maximum absolute atomic E-state index is 4.06. The van der Waals surface area contributed by atoms with Crippen molar-refractivity contribution < 1.29 is 0 Å². The maximum atomic E-state index is 4.06. The van der Waals surface area contributed by atoms with Crippen molar-refractivity contribution in [2.24, 2.45) is 0 Å². The van der Waals surface area contributed by atoms with Crippen LogP contribution in [0.15, 0.2) is 48.4 Å². The Kier molecular flexibility index (Phi) is 3.01. The predicted molar refractivity (Wildman–Crippen MR) is 70.8 cm³/mol. The summed E-state index contributed by atoms with van der Waals surface area (Å²) in [5.74, 6) is 0. The van der Waals surface area contributed by atoms with Crippen LogP contribution in [0.4, 0.5) is 5.69 Å². The fourth-order valence-electron chi connectivity index (χ4n) is 1.67. The van der Waals surface area contributed by atoms with Gasteiger partial charge in [0.2, 0.25) is 0 Å². The lowest BCUT2D eigenvalue weighted by atomic mass is 10.2. The number of para-hydroxylation sites is 2. The second kappa shape index (κ2) is 4.97. The molecule has 0 saturated carbocycles. The van der Waals surface area contributed by atoms with Crippen LogP contribution in [0.5, 0.6) is 0 Å². The van der Waals surface area contributed by atoms with Gasteiger partial charge in [-0.1, -0.05) is 17.3 Å². The molecule has 2 aromatic heterocycles. The molecule has 5 nitrogen and oxygen atoms in total. The number of nitrogens with zero attached hydrogens (tertiary/aromatic N) is 4. The van der Waals surface area contributed by atoms with E-state index in [0.29, 0.717) is 0 Å². The number of rotatable bonds is 4. The highest BCUT2D eigenvalue weighted by Gasteiger charge is 2.04. The number of benzene rings is 1. The molecule has 6 heteroatoms. The fourth-order valence-corrected chi connectivity index (χ4v) is 2.21. The first kappa shape index (κ1) is 10.9. The van der Waals surface area contributed by atoms with Crippen LogP contribution in [0.2, 0.25) is 0 Å². The fraction of sp³-hybridized carbons (Fsp3) is 0.0833. The first-order valence-electron chi connectivity index (χ1n) is 5.50. The van der Waals surface area contributed by atoms with Crippen molar-refractivity contribution in [2.45, 2.75) is 6.54 Å². The third-order valence-corrected chi connectivity index (χ3v) is 3.29. The second-order valence-electron chi connectivity index (χ2n) is 3.69. The topological polar surface area (TPSA) is 55.6 Å². The molecule has 1 aromatic carbocycles. The van der Waals surface area contributed by atoms with Gasteiger partial charge in [0.25, 0.3) is 0 Å². The van der Waals surface area contributed by atoms with Crippen molar-refractivity contribution in [3.8, 4) is 5.69 Å². The average molecular weight is 257 g/mol. The van der Waals surface area contributed by atoms with E-state index in [4.69, 9.17) is 0 Å². The zero-order valence-electron chi connectivity index (χ0n) is 9.52. The molecule has 3 rings (SSSR count). The van der Waals surface area contributed by atoms with Crippen LogP contribution < -0.4 is 5.32 Å². The molecule has 0 fully saturated rings. The highest BCUT2D eigenvalue weighted by molar-refractivity contribution is 7.09. The van der Waals surface area contributed by atoms with Gasteiger partial charge in [-0.25, -0.2) is 4.68 Å². The summed E-state index contributed by atoms with van der Waals surface area (Å²) >= 11 is 1.64. The third-order valence-electron chi connectivity index (χ3n) is 2.51. The Morgan fingerprint density at radius 1 is 1.28 bits per heavy atom. The second-order valence-corrected chi connectivity index (χ2v) is 4.66. The van der Waals surface area contributed by atoms with Gasteiger partial charge in [-0.15, -0.1) is 16.4 Å². The van der Waals surface area contributed by atoms with Crippen LogP contribution in [-0.2, 0) is 6.54 Å². The third kappa shape index (κ3) is 2.23. The summed E-state index contributed by atoms with van der Waals surface area (Å²) in [5.41, 5.74) is 3.84. The zero-order chi connectivity index (χ0) is 12.2. The quantitative estimate of drug-likeness (QED) is 0.779. The van der Waals surface area contributed by atoms with E-state index in [1.165, 1.54) is 4.88 Å². The molecule has 0 aliphatic carbocycles. The van der Waals surface area contributed by atoms with Crippen LogP contribution in [0, 0.1) is 0 Å². The number of anilines is 1. The molecule has 0 unspecified atom stereocenters. The van der Waals surface area contributed by atoms with Gasteiger partial charge >= 0.3 is 0 Å². The van der Waals surface area contributed by atoms with E-state index in [2.05, 4.69) is 20.6 Å². The lowest BCUT2D eigenvalue weighted by Gasteiger charge is -2.10. The molecule has 0 amide bonds. The average Bonchev–Trinajstić information content (AvgIpc) is 3.10. The highest BCUT2D eigenvalue weighted by Crippen LogP contribution is 2.20. The Morgan fingerprint density at radius 3 is 3.00 bits per heavy atom. The molecule has 0 saturated heterocycles. The number of thiazole rings is 1. The van der Waals surface area contributed by atoms with Crippen molar-refractivity contribution in [3.63, 3.8) is 0 Å².